The largest absolute Gasteiger partial charge is 0.389 e. The van der Waals surface area contributed by atoms with Gasteiger partial charge >= 0.3 is 0 Å². The van der Waals surface area contributed by atoms with Gasteiger partial charge in [-0.1, -0.05) is 31.1 Å². The maximum atomic E-state index is 9.96. The average molecular weight is 220 g/mol. The number of allylic oxidation sites excluding steroid dienone is 3. The summed E-state index contributed by atoms with van der Waals surface area (Å²) in [5.74, 6) is 0.716. The molecule has 2 atom stereocenters. The van der Waals surface area contributed by atoms with E-state index in [1.165, 1.54) is 12.0 Å². The molecule has 0 aromatic rings. The first-order valence-electron chi connectivity index (χ1n) is 6.45. The third-order valence-corrected chi connectivity index (χ3v) is 4.55. The molecule has 16 heavy (non-hydrogen) atoms. The predicted octanol–water partition coefficient (Wildman–Crippen LogP) is 3.84. The lowest BCUT2D eigenvalue weighted by Crippen LogP contribution is -2.37. The molecule has 0 heterocycles. The molecule has 0 aliphatic heterocycles. The van der Waals surface area contributed by atoms with Gasteiger partial charge in [0.1, 0.15) is 0 Å². The maximum absolute atomic E-state index is 9.96. The molecule has 2 aliphatic rings. The fraction of sp³-hybridized carbons (Fsp3) is 0.733. The van der Waals surface area contributed by atoms with E-state index in [1.807, 2.05) is 0 Å². The van der Waals surface area contributed by atoms with Crippen LogP contribution in [0.5, 0.6) is 0 Å². The Kier molecular flexibility index (Phi) is 3.00. The van der Waals surface area contributed by atoms with Gasteiger partial charge in [-0.25, -0.2) is 0 Å². The average Bonchev–Trinajstić information content (AvgIpc) is 2.24. The van der Waals surface area contributed by atoms with Gasteiger partial charge in [0.05, 0.1) is 6.10 Å². The smallest absolute Gasteiger partial charge is 0.0750 e. The molecule has 2 rings (SSSR count). The highest BCUT2D eigenvalue weighted by atomic mass is 16.3. The second-order valence-electron chi connectivity index (χ2n) is 6.26. The molecule has 0 amide bonds. The molecule has 1 fully saturated rings. The van der Waals surface area contributed by atoms with Gasteiger partial charge in [-0.3, -0.25) is 0 Å². The molecular weight excluding hydrogens is 196 g/mol. The van der Waals surface area contributed by atoms with Crippen molar-refractivity contribution in [2.75, 3.05) is 0 Å². The van der Waals surface area contributed by atoms with Gasteiger partial charge in [-0.2, -0.15) is 0 Å². The van der Waals surface area contributed by atoms with Crippen molar-refractivity contribution in [1.82, 2.24) is 0 Å². The quantitative estimate of drug-likeness (QED) is 0.615. The Hall–Kier alpha value is -0.560. The summed E-state index contributed by atoms with van der Waals surface area (Å²) in [6.45, 7) is 9.06. The summed E-state index contributed by atoms with van der Waals surface area (Å²) in [7, 11) is 0. The highest BCUT2D eigenvalue weighted by Crippen LogP contribution is 2.54. The summed E-state index contributed by atoms with van der Waals surface area (Å²) >= 11 is 0. The van der Waals surface area contributed by atoms with Crippen LogP contribution in [-0.4, -0.2) is 11.2 Å². The fourth-order valence-electron chi connectivity index (χ4n) is 3.17. The van der Waals surface area contributed by atoms with Crippen LogP contribution in [0.3, 0.4) is 0 Å². The van der Waals surface area contributed by atoms with Gasteiger partial charge in [0.15, 0.2) is 0 Å². The number of hydrogen-bond acceptors (Lipinski definition) is 1. The Balaban J connectivity index is 2.26. The Morgan fingerprint density at radius 3 is 2.62 bits per heavy atom. The van der Waals surface area contributed by atoms with Gasteiger partial charge in [0.25, 0.3) is 0 Å². The third-order valence-electron chi connectivity index (χ3n) is 4.55. The van der Waals surface area contributed by atoms with Gasteiger partial charge in [-0.05, 0) is 56.4 Å². The van der Waals surface area contributed by atoms with Crippen molar-refractivity contribution in [3.63, 3.8) is 0 Å². The lowest BCUT2D eigenvalue weighted by molar-refractivity contribution is 0.154. The summed E-state index contributed by atoms with van der Waals surface area (Å²) in [5, 5.41) is 9.96. The summed E-state index contributed by atoms with van der Waals surface area (Å²) < 4.78 is 0. The van der Waals surface area contributed by atoms with Crippen LogP contribution in [0.2, 0.25) is 0 Å². The van der Waals surface area contributed by atoms with Crippen LogP contribution in [-0.2, 0) is 0 Å². The van der Waals surface area contributed by atoms with Crippen LogP contribution in [0.4, 0.5) is 0 Å². The van der Waals surface area contributed by atoms with Crippen molar-refractivity contribution < 1.29 is 5.11 Å². The fourth-order valence-corrected chi connectivity index (χ4v) is 3.17. The van der Waals surface area contributed by atoms with E-state index in [-0.39, 0.29) is 6.10 Å². The van der Waals surface area contributed by atoms with Crippen LogP contribution < -0.4 is 0 Å². The minimum absolute atomic E-state index is 0.226. The van der Waals surface area contributed by atoms with Gasteiger partial charge in [0, 0.05) is 0 Å². The minimum atomic E-state index is -0.226. The maximum Gasteiger partial charge on any atom is 0.0750 e. The highest BCUT2D eigenvalue weighted by Gasteiger charge is 2.43. The molecule has 1 saturated carbocycles. The van der Waals surface area contributed by atoms with Gasteiger partial charge in [-0.15, -0.1) is 0 Å². The summed E-state index contributed by atoms with van der Waals surface area (Å²) in [6, 6.07) is 0. The van der Waals surface area contributed by atoms with Crippen LogP contribution in [0.25, 0.3) is 0 Å². The minimum Gasteiger partial charge on any atom is -0.389 e. The van der Waals surface area contributed by atoms with E-state index in [1.54, 1.807) is 5.57 Å². The van der Waals surface area contributed by atoms with E-state index >= 15 is 0 Å². The van der Waals surface area contributed by atoms with E-state index in [9.17, 15) is 5.11 Å². The Morgan fingerprint density at radius 1 is 1.31 bits per heavy atom. The van der Waals surface area contributed by atoms with E-state index in [4.69, 9.17) is 0 Å². The van der Waals surface area contributed by atoms with E-state index in [2.05, 4.69) is 33.8 Å². The van der Waals surface area contributed by atoms with E-state index in [0.717, 1.165) is 24.8 Å². The van der Waals surface area contributed by atoms with Crippen molar-refractivity contribution in [3.8, 4) is 0 Å². The Morgan fingerprint density at radius 2 is 2.00 bits per heavy atom. The Labute approximate surface area is 99.3 Å². The molecule has 0 bridgehead atoms. The normalized spacial score (nSPS) is 41.9. The molecule has 0 saturated heterocycles. The molecule has 1 heteroatoms. The zero-order valence-corrected chi connectivity index (χ0v) is 11.0. The lowest BCUT2D eigenvalue weighted by Gasteiger charge is -2.48. The first-order chi connectivity index (χ1) is 7.42. The molecule has 0 aromatic carbocycles. The van der Waals surface area contributed by atoms with Gasteiger partial charge < -0.3 is 5.11 Å². The third kappa shape index (κ3) is 1.98. The van der Waals surface area contributed by atoms with Crippen molar-refractivity contribution in [1.29, 1.82) is 0 Å². The topological polar surface area (TPSA) is 20.2 Å². The molecule has 1 N–H and O–H groups in total. The van der Waals surface area contributed by atoms with Crippen LogP contribution in [0, 0.1) is 11.3 Å². The predicted molar refractivity (Wildman–Crippen MR) is 68.2 cm³/mol. The highest BCUT2D eigenvalue weighted by molar-refractivity contribution is 5.30. The molecule has 2 aliphatic carbocycles. The number of rotatable bonds is 0. The number of aliphatic hydroxyl groups excluding tert-OH is 1. The van der Waals surface area contributed by atoms with E-state index < -0.39 is 0 Å². The van der Waals surface area contributed by atoms with Crippen LogP contribution in [0.15, 0.2) is 22.8 Å². The second-order valence-corrected chi connectivity index (χ2v) is 6.26. The van der Waals surface area contributed by atoms with Crippen LogP contribution >= 0.6 is 0 Å². The van der Waals surface area contributed by atoms with Crippen molar-refractivity contribution >= 4 is 0 Å². The van der Waals surface area contributed by atoms with Crippen LogP contribution in [0.1, 0.15) is 53.4 Å². The molecule has 0 aromatic heterocycles. The summed E-state index contributed by atoms with van der Waals surface area (Å²) in [6.07, 6.45) is 6.36. The first-order valence-corrected chi connectivity index (χ1v) is 6.45. The van der Waals surface area contributed by atoms with Crippen molar-refractivity contribution in [2.45, 2.75) is 59.5 Å². The summed E-state index contributed by atoms with van der Waals surface area (Å²) in [5.41, 5.74) is 4.83. The first kappa shape index (κ1) is 11.9. The standard InChI is InChI=1S/C15H24O/c1-10-6-8-14(16)11(2)5-7-13-12(10)9-15(13,3)4/h5,13-14,16H,6-9H2,1-4H3/b11-5-,12-10-/t13-,14-/m1/s1. The number of hydrogen-bond donors (Lipinski definition) is 1. The van der Waals surface area contributed by atoms with Gasteiger partial charge in [0.2, 0.25) is 0 Å². The molecule has 0 unspecified atom stereocenters. The Bertz CT molecular complexity index is 346. The van der Waals surface area contributed by atoms with Crippen molar-refractivity contribution in [3.05, 3.63) is 22.8 Å². The van der Waals surface area contributed by atoms with Crippen molar-refractivity contribution in [2.24, 2.45) is 11.3 Å². The lowest BCUT2D eigenvalue weighted by atomic mass is 9.57. The monoisotopic (exact) mass is 220 g/mol. The molecule has 90 valence electrons. The zero-order valence-electron chi connectivity index (χ0n) is 11.0. The molecule has 1 nitrogen and oxygen atoms in total. The second kappa shape index (κ2) is 4.03. The zero-order chi connectivity index (χ0) is 11.9. The molecule has 0 radical (unpaired) electrons. The van der Waals surface area contributed by atoms with E-state index in [0.29, 0.717) is 11.3 Å². The molecular formula is C15H24O. The summed E-state index contributed by atoms with van der Waals surface area (Å²) in [4.78, 5) is 0. The number of aliphatic hydroxyl groups is 1. The molecule has 0 spiro atoms. The SMILES string of the molecule is C/C1=C/C[C@@H]2/C(=C(/C)CC[C@H]1O)CC2(C)C. The number of fused-ring (bicyclic) bond motifs is 1.